The molecule has 0 heterocycles. The monoisotopic (exact) mass is 273 g/mol. The van der Waals surface area contributed by atoms with Crippen molar-refractivity contribution in [2.24, 2.45) is 5.16 Å². The molecule has 0 aromatic heterocycles. The van der Waals surface area contributed by atoms with Crippen LogP contribution >= 0.6 is 0 Å². The Labute approximate surface area is 117 Å². The van der Waals surface area contributed by atoms with Crippen LogP contribution in [0.4, 0.5) is 4.39 Å². The highest BCUT2D eigenvalue weighted by atomic mass is 19.1. The van der Waals surface area contributed by atoms with Crippen LogP contribution in [0.2, 0.25) is 0 Å². The third-order valence-electron chi connectivity index (χ3n) is 3.26. The van der Waals surface area contributed by atoms with Gasteiger partial charge in [-0.15, -0.1) is 0 Å². The number of halogens is 1. The highest BCUT2D eigenvalue weighted by Gasteiger charge is 2.13. The number of aliphatic hydroxyl groups excluding tert-OH is 1. The minimum absolute atomic E-state index is 0.0343. The zero-order valence-corrected chi connectivity index (χ0v) is 11.1. The van der Waals surface area contributed by atoms with Gasteiger partial charge in [0.15, 0.2) is 0 Å². The van der Waals surface area contributed by atoms with Crippen LogP contribution in [-0.4, -0.2) is 22.6 Å². The van der Waals surface area contributed by atoms with E-state index in [0.717, 1.165) is 5.56 Å². The SMILES string of the molecule is CC(CO)c1ccc(C(=NO)c2ccccc2F)cc1. The first-order chi connectivity index (χ1) is 9.67. The lowest BCUT2D eigenvalue weighted by Gasteiger charge is -2.10. The molecule has 2 aromatic carbocycles. The van der Waals surface area contributed by atoms with Gasteiger partial charge in [-0.25, -0.2) is 4.39 Å². The van der Waals surface area contributed by atoms with Crippen LogP contribution in [0.15, 0.2) is 53.7 Å². The minimum Gasteiger partial charge on any atom is -0.410 e. The van der Waals surface area contributed by atoms with E-state index in [1.807, 2.05) is 19.1 Å². The molecule has 3 nitrogen and oxygen atoms in total. The van der Waals surface area contributed by atoms with Gasteiger partial charge in [-0.3, -0.25) is 0 Å². The van der Waals surface area contributed by atoms with E-state index >= 15 is 0 Å². The predicted molar refractivity (Wildman–Crippen MR) is 75.8 cm³/mol. The summed E-state index contributed by atoms with van der Waals surface area (Å²) in [4.78, 5) is 0. The molecule has 2 rings (SSSR count). The van der Waals surface area contributed by atoms with Crippen LogP contribution in [-0.2, 0) is 0 Å². The molecule has 1 atom stereocenters. The summed E-state index contributed by atoms with van der Waals surface area (Å²) in [5.74, 6) is -0.403. The molecular formula is C16H16FNO2. The van der Waals surface area contributed by atoms with Gasteiger partial charge >= 0.3 is 0 Å². The maximum atomic E-state index is 13.7. The van der Waals surface area contributed by atoms with Gasteiger partial charge in [0, 0.05) is 23.7 Å². The van der Waals surface area contributed by atoms with Crippen LogP contribution in [0.25, 0.3) is 0 Å². The Morgan fingerprint density at radius 2 is 1.80 bits per heavy atom. The second kappa shape index (κ2) is 6.30. The summed E-state index contributed by atoms with van der Waals surface area (Å²) >= 11 is 0. The van der Waals surface area contributed by atoms with Crippen molar-refractivity contribution in [3.8, 4) is 0 Å². The van der Waals surface area contributed by atoms with Gasteiger partial charge < -0.3 is 10.3 Å². The van der Waals surface area contributed by atoms with Crippen molar-refractivity contribution < 1.29 is 14.7 Å². The third-order valence-corrected chi connectivity index (χ3v) is 3.26. The number of hydrogen-bond donors (Lipinski definition) is 2. The van der Waals surface area contributed by atoms with E-state index in [-0.39, 0.29) is 23.8 Å². The van der Waals surface area contributed by atoms with Crippen LogP contribution in [0.1, 0.15) is 29.5 Å². The fourth-order valence-electron chi connectivity index (χ4n) is 2.00. The Morgan fingerprint density at radius 3 is 2.35 bits per heavy atom. The Balaban J connectivity index is 2.37. The van der Waals surface area contributed by atoms with Gasteiger partial charge in [-0.1, -0.05) is 48.5 Å². The number of rotatable bonds is 4. The molecule has 0 aliphatic carbocycles. The van der Waals surface area contributed by atoms with Gasteiger partial charge in [-0.2, -0.15) is 0 Å². The fraction of sp³-hybridized carbons (Fsp3) is 0.188. The summed E-state index contributed by atoms with van der Waals surface area (Å²) in [5.41, 5.74) is 2.03. The highest BCUT2D eigenvalue weighted by molar-refractivity contribution is 6.12. The summed E-state index contributed by atoms with van der Waals surface area (Å²) in [7, 11) is 0. The van der Waals surface area contributed by atoms with E-state index in [2.05, 4.69) is 5.16 Å². The molecule has 1 unspecified atom stereocenters. The Morgan fingerprint density at radius 1 is 1.15 bits per heavy atom. The molecule has 2 aromatic rings. The molecule has 0 aliphatic rings. The average Bonchev–Trinajstić information content (AvgIpc) is 2.50. The van der Waals surface area contributed by atoms with E-state index in [1.165, 1.54) is 6.07 Å². The van der Waals surface area contributed by atoms with E-state index in [9.17, 15) is 4.39 Å². The molecule has 0 radical (unpaired) electrons. The van der Waals surface area contributed by atoms with E-state index < -0.39 is 5.82 Å². The number of hydrogen-bond acceptors (Lipinski definition) is 3. The lowest BCUT2D eigenvalue weighted by atomic mass is 9.97. The minimum atomic E-state index is -0.437. The summed E-state index contributed by atoms with van der Waals surface area (Å²) < 4.78 is 13.7. The van der Waals surface area contributed by atoms with Crippen molar-refractivity contribution in [3.05, 3.63) is 71.0 Å². The molecular weight excluding hydrogens is 257 g/mol. The van der Waals surface area contributed by atoms with Crippen LogP contribution < -0.4 is 0 Å². The van der Waals surface area contributed by atoms with Crippen molar-refractivity contribution in [1.82, 2.24) is 0 Å². The first-order valence-electron chi connectivity index (χ1n) is 6.35. The first kappa shape index (κ1) is 14.2. The lowest BCUT2D eigenvalue weighted by Crippen LogP contribution is -2.07. The smallest absolute Gasteiger partial charge is 0.132 e. The Bertz CT molecular complexity index is 608. The molecule has 0 fully saturated rings. The van der Waals surface area contributed by atoms with Crippen molar-refractivity contribution in [2.75, 3.05) is 6.61 Å². The molecule has 0 aliphatic heterocycles. The zero-order chi connectivity index (χ0) is 14.5. The standard InChI is InChI=1S/C16H16FNO2/c1-11(10-19)12-6-8-13(9-7-12)16(18-20)14-4-2-3-5-15(14)17/h2-9,11,19-20H,10H2,1H3. The van der Waals surface area contributed by atoms with Gasteiger partial charge in [0.2, 0.25) is 0 Å². The van der Waals surface area contributed by atoms with Crippen molar-refractivity contribution in [3.63, 3.8) is 0 Å². The Kier molecular flexibility index (Phi) is 4.48. The first-order valence-corrected chi connectivity index (χ1v) is 6.35. The molecule has 0 bridgehead atoms. The molecule has 104 valence electrons. The summed E-state index contributed by atoms with van der Waals surface area (Å²) in [5, 5.41) is 21.5. The zero-order valence-electron chi connectivity index (χ0n) is 11.1. The second-order valence-electron chi connectivity index (χ2n) is 4.63. The van der Waals surface area contributed by atoms with Crippen LogP contribution in [0.5, 0.6) is 0 Å². The van der Waals surface area contributed by atoms with Gasteiger partial charge in [0.25, 0.3) is 0 Å². The predicted octanol–water partition coefficient (Wildman–Crippen LogP) is 3.15. The van der Waals surface area contributed by atoms with E-state index in [4.69, 9.17) is 10.3 Å². The van der Waals surface area contributed by atoms with E-state index in [0.29, 0.717) is 5.56 Å². The molecule has 2 N–H and O–H groups in total. The van der Waals surface area contributed by atoms with Crippen molar-refractivity contribution in [2.45, 2.75) is 12.8 Å². The average molecular weight is 273 g/mol. The summed E-state index contributed by atoms with van der Waals surface area (Å²) in [6.45, 7) is 1.97. The second-order valence-corrected chi connectivity index (χ2v) is 4.63. The molecule has 4 heteroatoms. The fourth-order valence-corrected chi connectivity index (χ4v) is 2.00. The Hall–Kier alpha value is -2.20. The van der Waals surface area contributed by atoms with Crippen molar-refractivity contribution >= 4 is 5.71 Å². The largest absolute Gasteiger partial charge is 0.410 e. The van der Waals surface area contributed by atoms with Crippen molar-refractivity contribution in [1.29, 1.82) is 0 Å². The summed E-state index contributed by atoms with van der Waals surface area (Å²) in [6.07, 6.45) is 0. The van der Waals surface area contributed by atoms with Crippen LogP contribution in [0, 0.1) is 5.82 Å². The van der Waals surface area contributed by atoms with E-state index in [1.54, 1.807) is 30.3 Å². The van der Waals surface area contributed by atoms with Gasteiger partial charge in [0.05, 0.1) is 0 Å². The lowest BCUT2D eigenvalue weighted by molar-refractivity contribution is 0.273. The summed E-state index contributed by atoms with van der Waals surface area (Å²) in [6, 6.07) is 13.3. The van der Waals surface area contributed by atoms with Gasteiger partial charge in [-0.05, 0) is 17.7 Å². The topological polar surface area (TPSA) is 52.8 Å². The number of aliphatic hydroxyl groups is 1. The molecule has 0 saturated carbocycles. The maximum absolute atomic E-state index is 13.7. The number of benzene rings is 2. The third kappa shape index (κ3) is 2.86. The molecule has 0 saturated heterocycles. The quantitative estimate of drug-likeness (QED) is 0.511. The number of nitrogens with zero attached hydrogens (tertiary/aromatic N) is 1. The van der Waals surface area contributed by atoms with Crippen LogP contribution in [0.3, 0.4) is 0 Å². The van der Waals surface area contributed by atoms with Gasteiger partial charge in [0.1, 0.15) is 11.5 Å². The maximum Gasteiger partial charge on any atom is 0.132 e. The normalized spacial score (nSPS) is 13.2. The molecule has 20 heavy (non-hydrogen) atoms. The molecule has 0 amide bonds. The highest BCUT2D eigenvalue weighted by Crippen LogP contribution is 2.18. The number of oxime groups is 1. The molecule has 0 spiro atoms.